The summed E-state index contributed by atoms with van der Waals surface area (Å²) in [6.07, 6.45) is 7.40. The van der Waals surface area contributed by atoms with Crippen molar-refractivity contribution in [3.05, 3.63) is 11.7 Å². The van der Waals surface area contributed by atoms with Gasteiger partial charge in [-0.25, -0.2) is 0 Å². The summed E-state index contributed by atoms with van der Waals surface area (Å²) in [7, 11) is 0. The van der Waals surface area contributed by atoms with Gasteiger partial charge in [0.2, 0.25) is 5.89 Å². The summed E-state index contributed by atoms with van der Waals surface area (Å²) in [5.74, 6) is 1.77. The van der Waals surface area contributed by atoms with Gasteiger partial charge in [-0.05, 0) is 25.7 Å². The van der Waals surface area contributed by atoms with E-state index in [4.69, 9.17) is 4.52 Å². The van der Waals surface area contributed by atoms with Crippen molar-refractivity contribution in [1.82, 2.24) is 10.1 Å². The molecule has 4 heteroatoms. The van der Waals surface area contributed by atoms with Crippen molar-refractivity contribution >= 4 is 5.78 Å². The van der Waals surface area contributed by atoms with Crippen LogP contribution in [0.1, 0.15) is 82.8 Å². The van der Waals surface area contributed by atoms with Gasteiger partial charge >= 0.3 is 0 Å². The van der Waals surface area contributed by atoms with Crippen molar-refractivity contribution in [2.45, 2.75) is 71.1 Å². The summed E-state index contributed by atoms with van der Waals surface area (Å²) in [6.45, 7) is 5.63. The predicted molar refractivity (Wildman–Crippen MR) is 73.0 cm³/mol. The minimum atomic E-state index is -0.257. The molecule has 1 heterocycles. The molecule has 1 aliphatic carbocycles. The minimum absolute atomic E-state index is 0.103. The van der Waals surface area contributed by atoms with Gasteiger partial charge in [-0.1, -0.05) is 44.7 Å². The molecule has 19 heavy (non-hydrogen) atoms. The molecule has 0 radical (unpaired) electrons. The van der Waals surface area contributed by atoms with Gasteiger partial charge in [-0.2, -0.15) is 4.98 Å². The second-order valence-corrected chi connectivity index (χ2v) is 6.01. The molecule has 0 aromatic carbocycles. The summed E-state index contributed by atoms with van der Waals surface area (Å²) in [5, 5.41) is 4.13. The number of carbonyl (C=O) groups is 1. The first-order chi connectivity index (χ1) is 9.09. The Kier molecular flexibility index (Phi) is 4.72. The largest absolute Gasteiger partial charge is 0.339 e. The van der Waals surface area contributed by atoms with Gasteiger partial charge in [0.25, 0.3) is 0 Å². The van der Waals surface area contributed by atoms with E-state index >= 15 is 0 Å². The van der Waals surface area contributed by atoms with Crippen LogP contribution in [0.25, 0.3) is 0 Å². The molecule has 106 valence electrons. The Bertz CT molecular complexity index is 418. The molecule has 0 aliphatic heterocycles. The highest BCUT2D eigenvalue weighted by Gasteiger charge is 2.28. The van der Waals surface area contributed by atoms with Crippen molar-refractivity contribution < 1.29 is 9.32 Å². The third kappa shape index (κ3) is 3.43. The quantitative estimate of drug-likeness (QED) is 0.775. The van der Waals surface area contributed by atoms with E-state index in [1.165, 1.54) is 25.7 Å². The van der Waals surface area contributed by atoms with E-state index in [0.29, 0.717) is 11.8 Å². The first-order valence-electron chi connectivity index (χ1n) is 7.43. The van der Waals surface area contributed by atoms with E-state index in [-0.39, 0.29) is 17.6 Å². The smallest absolute Gasteiger partial charge is 0.237 e. The Morgan fingerprint density at radius 2 is 1.84 bits per heavy atom. The zero-order valence-corrected chi connectivity index (χ0v) is 12.2. The Balaban J connectivity index is 2.15. The van der Waals surface area contributed by atoms with Crippen LogP contribution in [0.5, 0.6) is 0 Å². The molecule has 1 saturated carbocycles. The molecule has 4 nitrogen and oxygen atoms in total. The van der Waals surface area contributed by atoms with E-state index in [2.05, 4.69) is 10.1 Å². The number of rotatable bonds is 4. The zero-order chi connectivity index (χ0) is 13.8. The van der Waals surface area contributed by atoms with Gasteiger partial charge in [0.05, 0.1) is 5.92 Å². The standard InChI is InChI=1S/C15H24N2O2/c1-10(2)13(11(3)18)15-16-14(17-19-15)12-8-6-4-5-7-9-12/h10,12-13H,4-9H2,1-3H3. The van der Waals surface area contributed by atoms with E-state index in [1.54, 1.807) is 6.92 Å². The summed E-state index contributed by atoms with van der Waals surface area (Å²) < 4.78 is 5.36. The third-order valence-corrected chi connectivity index (χ3v) is 4.05. The average molecular weight is 264 g/mol. The van der Waals surface area contributed by atoms with Crippen LogP contribution in [0, 0.1) is 5.92 Å². The van der Waals surface area contributed by atoms with Crippen molar-refractivity contribution in [2.75, 3.05) is 0 Å². The third-order valence-electron chi connectivity index (χ3n) is 4.05. The van der Waals surface area contributed by atoms with Gasteiger partial charge < -0.3 is 4.52 Å². The van der Waals surface area contributed by atoms with Crippen LogP contribution in [0.15, 0.2) is 4.52 Å². The summed E-state index contributed by atoms with van der Waals surface area (Å²) in [5.41, 5.74) is 0. The lowest BCUT2D eigenvalue weighted by Gasteiger charge is -2.12. The molecule has 0 N–H and O–H groups in total. The number of aromatic nitrogens is 2. The van der Waals surface area contributed by atoms with Crippen LogP contribution in [0.3, 0.4) is 0 Å². The molecule has 1 aliphatic rings. The van der Waals surface area contributed by atoms with E-state index in [9.17, 15) is 4.79 Å². The van der Waals surface area contributed by atoms with Crippen LogP contribution in [-0.4, -0.2) is 15.9 Å². The number of ketones is 1. The summed E-state index contributed by atoms with van der Waals surface area (Å²) in [6, 6.07) is 0. The predicted octanol–water partition coefficient (Wildman–Crippen LogP) is 3.84. The number of hydrogen-bond acceptors (Lipinski definition) is 4. The van der Waals surface area contributed by atoms with Crippen LogP contribution in [0.2, 0.25) is 0 Å². The van der Waals surface area contributed by atoms with Crippen molar-refractivity contribution in [1.29, 1.82) is 0 Å². The minimum Gasteiger partial charge on any atom is -0.339 e. The first kappa shape index (κ1) is 14.2. The van der Waals surface area contributed by atoms with Gasteiger partial charge in [0, 0.05) is 5.92 Å². The molecule has 2 rings (SSSR count). The maximum atomic E-state index is 11.7. The molecule has 1 fully saturated rings. The summed E-state index contributed by atoms with van der Waals surface area (Å²) >= 11 is 0. The first-order valence-corrected chi connectivity index (χ1v) is 7.43. The van der Waals surface area contributed by atoms with Gasteiger partial charge in [0.1, 0.15) is 5.78 Å². The van der Waals surface area contributed by atoms with Crippen molar-refractivity contribution in [2.24, 2.45) is 5.92 Å². The topological polar surface area (TPSA) is 56.0 Å². The fourth-order valence-corrected chi connectivity index (χ4v) is 3.01. The summed E-state index contributed by atoms with van der Waals surface area (Å²) in [4.78, 5) is 16.2. The lowest BCUT2D eigenvalue weighted by molar-refractivity contribution is -0.119. The Morgan fingerprint density at radius 3 is 2.37 bits per heavy atom. The molecule has 0 bridgehead atoms. The van der Waals surface area contributed by atoms with Crippen LogP contribution < -0.4 is 0 Å². The normalized spacial score (nSPS) is 19.4. The lowest BCUT2D eigenvalue weighted by Crippen LogP contribution is -2.15. The Hall–Kier alpha value is -1.19. The van der Waals surface area contributed by atoms with Crippen molar-refractivity contribution in [3.63, 3.8) is 0 Å². The number of Topliss-reactive ketones (excluding diaryl/α,β-unsaturated/α-hetero) is 1. The van der Waals surface area contributed by atoms with Crippen LogP contribution in [-0.2, 0) is 4.79 Å². The number of hydrogen-bond donors (Lipinski definition) is 0. The van der Waals surface area contributed by atoms with Gasteiger partial charge in [-0.3, -0.25) is 4.79 Å². The molecule has 0 amide bonds. The molecule has 0 spiro atoms. The van der Waals surface area contributed by atoms with Crippen molar-refractivity contribution in [3.8, 4) is 0 Å². The maximum Gasteiger partial charge on any atom is 0.237 e. The molecule has 1 atom stereocenters. The van der Waals surface area contributed by atoms with Crippen LogP contribution >= 0.6 is 0 Å². The highest BCUT2D eigenvalue weighted by molar-refractivity contribution is 5.82. The Labute approximate surface area is 115 Å². The monoisotopic (exact) mass is 264 g/mol. The Morgan fingerprint density at radius 1 is 1.21 bits per heavy atom. The second kappa shape index (κ2) is 6.31. The molecule has 0 saturated heterocycles. The van der Waals surface area contributed by atoms with E-state index in [1.807, 2.05) is 13.8 Å². The fraction of sp³-hybridized carbons (Fsp3) is 0.800. The van der Waals surface area contributed by atoms with Gasteiger partial charge in [0.15, 0.2) is 5.82 Å². The average Bonchev–Trinajstić information content (AvgIpc) is 2.63. The molecule has 1 aromatic rings. The fourth-order valence-electron chi connectivity index (χ4n) is 3.01. The molecular weight excluding hydrogens is 240 g/mol. The van der Waals surface area contributed by atoms with E-state index in [0.717, 1.165) is 18.7 Å². The zero-order valence-electron chi connectivity index (χ0n) is 12.2. The second-order valence-electron chi connectivity index (χ2n) is 6.01. The van der Waals surface area contributed by atoms with Crippen LogP contribution in [0.4, 0.5) is 0 Å². The van der Waals surface area contributed by atoms with Gasteiger partial charge in [-0.15, -0.1) is 0 Å². The maximum absolute atomic E-state index is 11.7. The number of carbonyl (C=O) groups excluding carboxylic acids is 1. The molecule has 1 unspecified atom stereocenters. The molecule has 1 aromatic heterocycles. The number of nitrogens with zero attached hydrogens (tertiary/aromatic N) is 2. The van der Waals surface area contributed by atoms with E-state index < -0.39 is 0 Å². The SMILES string of the molecule is CC(=O)C(c1nc(C2CCCCCC2)no1)C(C)C. The highest BCUT2D eigenvalue weighted by atomic mass is 16.5. The highest BCUT2D eigenvalue weighted by Crippen LogP contribution is 2.31. The molecular formula is C15H24N2O2. The lowest BCUT2D eigenvalue weighted by atomic mass is 9.92.